The molecule has 2 aromatic heterocycles. The van der Waals surface area contributed by atoms with Gasteiger partial charge in [-0.2, -0.15) is 0 Å². The van der Waals surface area contributed by atoms with Gasteiger partial charge in [0.15, 0.2) is 0 Å². The normalized spacial score (nSPS) is 10.5. The van der Waals surface area contributed by atoms with Gasteiger partial charge in [-0.15, -0.1) is 5.10 Å². The van der Waals surface area contributed by atoms with Crippen molar-refractivity contribution in [3.8, 4) is 0 Å². The van der Waals surface area contributed by atoms with Gasteiger partial charge in [-0.3, -0.25) is 9.67 Å². The third kappa shape index (κ3) is 2.62. The van der Waals surface area contributed by atoms with Crippen LogP contribution in [0.3, 0.4) is 0 Å². The molecule has 0 atom stereocenters. The van der Waals surface area contributed by atoms with Gasteiger partial charge >= 0.3 is 0 Å². The van der Waals surface area contributed by atoms with Crippen LogP contribution >= 0.6 is 0 Å². The molecule has 4 heteroatoms. The van der Waals surface area contributed by atoms with Gasteiger partial charge in [0.25, 0.3) is 0 Å². The van der Waals surface area contributed by atoms with Crippen molar-refractivity contribution in [2.75, 3.05) is 0 Å². The van der Waals surface area contributed by atoms with Crippen molar-refractivity contribution < 1.29 is 0 Å². The summed E-state index contributed by atoms with van der Waals surface area (Å²) in [7, 11) is 0. The molecule has 0 bridgehead atoms. The predicted molar refractivity (Wildman–Crippen MR) is 57.3 cm³/mol. The van der Waals surface area contributed by atoms with Crippen molar-refractivity contribution in [2.24, 2.45) is 0 Å². The molecular formula is C11H14N4. The number of rotatable bonds is 4. The number of nitrogens with zero attached hydrogens (tertiary/aromatic N) is 4. The monoisotopic (exact) mass is 202 g/mol. The lowest BCUT2D eigenvalue weighted by molar-refractivity contribution is 0.626. The van der Waals surface area contributed by atoms with E-state index >= 15 is 0 Å². The molecule has 0 amide bonds. The zero-order chi connectivity index (χ0) is 10.5. The molecule has 0 saturated carbocycles. The van der Waals surface area contributed by atoms with Crippen LogP contribution in [-0.2, 0) is 19.4 Å². The van der Waals surface area contributed by atoms with Gasteiger partial charge in [-0.25, -0.2) is 0 Å². The molecule has 0 N–H and O–H groups in total. The van der Waals surface area contributed by atoms with Crippen molar-refractivity contribution in [3.63, 3.8) is 0 Å². The third-order valence-corrected chi connectivity index (χ3v) is 2.33. The number of aromatic nitrogens is 4. The molecule has 0 aliphatic heterocycles. The highest BCUT2D eigenvalue weighted by Gasteiger charge is 1.99. The highest BCUT2D eigenvalue weighted by molar-refractivity contribution is 5.11. The number of hydrogen-bond donors (Lipinski definition) is 0. The van der Waals surface area contributed by atoms with Gasteiger partial charge in [0.05, 0.1) is 5.69 Å². The molecule has 4 nitrogen and oxygen atoms in total. The highest BCUT2D eigenvalue weighted by Crippen LogP contribution is 2.03. The summed E-state index contributed by atoms with van der Waals surface area (Å²) in [6.07, 6.45) is 7.56. The first-order valence-corrected chi connectivity index (χ1v) is 5.16. The molecule has 0 aromatic carbocycles. The Hall–Kier alpha value is -1.71. The van der Waals surface area contributed by atoms with Crippen LogP contribution in [0.1, 0.15) is 18.2 Å². The Bertz CT molecular complexity index is 408. The van der Waals surface area contributed by atoms with E-state index in [4.69, 9.17) is 0 Å². The van der Waals surface area contributed by atoms with E-state index < -0.39 is 0 Å². The second-order valence-corrected chi connectivity index (χ2v) is 3.42. The molecule has 2 rings (SSSR count). The second-order valence-electron chi connectivity index (χ2n) is 3.42. The molecule has 0 fully saturated rings. The van der Waals surface area contributed by atoms with Crippen molar-refractivity contribution in [1.29, 1.82) is 0 Å². The minimum absolute atomic E-state index is 0.877. The first-order chi connectivity index (χ1) is 7.38. The summed E-state index contributed by atoms with van der Waals surface area (Å²) in [4.78, 5) is 3.99. The quantitative estimate of drug-likeness (QED) is 0.754. The largest absolute Gasteiger partial charge is 0.265 e. The Morgan fingerprint density at radius 2 is 2.00 bits per heavy atom. The summed E-state index contributed by atoms with van der Waals surface area (Å²) in [6.45, 7) is 2.93. The Kier molecular flexibility index (Phi) is 3.07. The van der Waals surface area contributed by atoms with Crippen molar-refractivity contribution in [3.05, 3.63) is 42.0 Å². The van der Waals surface area contributed by atoms with E-state index in [9.17, 15) is 0 Å². The molecule has 0 aliphatic rings. The zero-order valence-electron chi connectivity index (χ0n) is 8.80. The van der Waals surface area contributed by atoms with E-state index in [-0.39, 0.29) is 0 Å². The molecule has 0 aliphatic carbocycles. The van der Waals surface area contributed by atoms with Gasteiger partial charge in [-0.1, -0.05) is 5.21 Å². The minimum Gasteiger partial charge on any atom is -0.265 e. The van der Waals surface area contributed by atoms with Crippen LogP contribution in [0.2, 0.25) is 0 Å². The number of aryl methyl sites for hydroxylation is 3. The standard InChI is InChI=1S/C11H14N4/c1-2-15-9-11(13-14-15)4-3-10-5-7-12-8-6-10/h5-9H,2-4H2,1H3. The third-order valence-electron chi connectivity index (χ3n) is 2.33. The van der Waals surface area contributed by atoms with E-state index in [1.807, 2.05) is 35.4 Å². The molecule has 2 aromatic rings. The van der Waals surface area contributed by atoms with Gasteiger partial charge in [-0.05, 0) is 37.5 Å². The summed E-state index contributed by atoms with van der Waals surface area (Å²) >= 11 is 0. The molecular weight excluding hydrogens is 188 g/mol. The average Bonchev–Trinajstić information content (AvgIpc) is 2.76. The van der Waals surface area contributed by atoms with E-state index in [2.05, 4.69) is 22.2 Å². The molecule has 0 radical (unpaired) electrons. The summed E-state index contributed by atoms with van der Waals surface area (Å²) < 4.78 is 1.85. The van der Waals surface area contributed by atoms with E-state index in [0.29, 0.717) is 0 Å². The average molecular weight is 202 g/mol. The highest BCUT2D eigenvalue weighted by atomic mass is 15.4. The van der Waals surface area contributed by atoms with Crippen LogP contribution in [0, 0.1) is 0 Å². The van der Waals surface area contributed by atoms with Crippen LogP contribution in [0.4, 0.5) is 0 Å². The summed E-state index contributed by atoms with van der Waals surface area (Å²) in [5.41, 5.74) is 2.34. The fourth-order valence-electron chi connectivity index (χ4n) is 1.43. The fourth-order valence-corrected chi connectivity index (χ4v) is 1.43. The zero-order valence-corrected chi connectivity index (χ0v) is 8.80. The number of hydrogen-bond acceptors (Lipinski definition) is 3. The van der Waals surface area contributed by atoms with Crippen LogP contribution in [-0.4, -0.2) is 20.0 Å². The lowest BCUT2D eigenvalue weighted by Crippen LogP contribution is -1.93. The first kappa shape index (κ1) is 9.83. The smallest absolute Gasteiger partial charge is 0.0830 e. The molecule has 2 heterocycles. The Labute approximate surface area is 89.0 Å². The van der Waals surface area contributed by atoms with Crippen LogP contribution < -0.4 is 0 Å². The molecule has 78 valence electrons. The maximum atomic E-state index is 4.10. The molecule has 0 spiro atoms. The Morgan fingerprint density at radius 1 is 1.20 bits per heavy atom. The fraction of sp³-hybridized carbons (Fsp3) is 0.364. The van der Waals surface area contributed by atoms with Crippen LogP contribution in [0.5, 0.6) is 0 Å². The van der Waals surface area contributed by atoms with E-state index in [0.717, 1.165) is 25.1 Å². The van der Waals surface area contributed by atoms with Crippen molar-refractivity contribution >= 4 is 0 Å². The predicted octanol–water partition coefficient (Wildman–Crippen LogP) is 1.48. The summed E-state index contributed by atoms with van der Waals surface area (Å²) in [5.74, 6) is 0. The topological polar surface area (TPSA) is 43.6 Å². The maximum Gasteiger partial charge on any atom is 0.0830 e. The lowest BCUT2D eigenvalue weighted by Gasteiger charge is -1.96. The van der Waals surface area contributed by atoms with Crippen LogP contribution in [0.25, 0.3) is 0 Å². The van der Waals surface area contributed by atoms with Crippen LogP contribution in [0.15, 0.2) is 30.7 Å². The van der Waals surface area contributed by atoms with Gasteiger partial charge in [0, 0.05) is 25.1 Å². The SMILES string of the molecule is CCn1cc(CCc2ccncc2)nn1. The minimum atomic E-state index is 0.877. The van der Waals surface area contributed by atoms with E-state index in [1.54, 1.807) is 0 Å². The van der Waals surface area contributed by atoms with Gasteiger partial charge in [0.2, 0.25) is 0 Å². The Morgan fingerprint density at radius 3 is 2.67 bits per heavy atom. The molecule has 0 saturated heterocycles. The molecule has 15 heavy (non-hydrogen) atoms. The lowest BCUT2D eigenvalue weighted by atomic mass is 10.1. The Balaban J connectivity index is 1.93. The van der Waals surface area contributed by atoms with Gasteiger partial charge < -0.3 is 0 Å². The maximum absolute atomic E-state index is 4.10. The molecule has 0 unspecified atom stereocenters. The van der Waals surface area contributed by atoms with E-state index in [1.165, 1.54) is 5.56 Å². The summed E-state index contributed by atoms with van der Waals surface area (Å²) in [6, 6.07) is 4.06. The first-order valence-electron chi connectivity index (χ1n) is 5.16. The second kappa shape index (κ2) is 4.68. The summed E-state index contributed by atoms with van der Waals surface area (Å²) in [5, 5.41) is 8.10. The van der Waals surface area contributed by atoms with Crippen molar-refractivity contribution in [2.45, 2.75) is 26.3 Å². The number of pyridine rings is 1. The van der Waals surface area contributed by atoms with Crippen molar-refractivity contribution in [1.82, 2.24) is 20.0 Å². The van der Waals surface area contributed by atoms with Gasteiger partial charge in [0.1, 0.15) is 0 Å².